The molecule has 0 spiro atoms. The molecule has 3 aliphatic rings. The van der Waals surface area contributed by atoms with Crippen LogP contribution in [0.4, 0.5) is 0 Å². The van der Waals surface area contributed by atoms with E-state index in [4.69, 9.17) is 4.74 Å². The average Bonchev–Trinajstić information content (AvgIpc) is 3.42. The average molecular weight is 308 g/mol. The lowest BCUT2D eigenvalue weighted by atomic mass is 9.98. The quantitative estimate of drug-likeness (QED) is 0.865. The van der Waals surface area contributed by atoms with E-state index >= 15 is 0 Å². The Morgan fingerprint density at radius 2 is 2.22 bits per heavy atom. The number of nitriles is 1. The van der Waals surface area contributed by atoms with E-state index in [0.29, 0.717) is 34.6 Å². The number of fused-ring (bicyclic) bond motifs is 2. The van der Waals surface area contributed by atoms with Crippen molar-refractivity contribution < 1.29 is 9.53 Å². The first kappa shape index (κ1) is 14.3. The van der Waals surface area contributed by atoms with Gasteiger partial charge in [-0.05, 0) is 36.2 Å². The van der Waals surface area contributed by atoms with Gasteiger partial charge in [-0.1, -0.05) is 19.9 Å². The number of aldehydes is 1. The van der Waals surface area contributed by atoms with Crippen LogP contribution in [-0.4, -0.2) is 18.4 Å². The minimum atomic E-state index is -0.0129. The predicted molar refractivity (Wildman–Crippen MR) is 86.5 cm³/mol. The molecule has 3 aliphatic carbocycles. The van der Waals surface area contributed by atoms with Gasteiger partial charge in [-0.2, -0.15) is 5.26 Å². The van der Waals surface area contributed by atoms with Crippen molar-refractivity contribution in [1.82, 2.24) is 4.98 Å². The lowest BCUT2D eigenvalue weighted by molar-refractivity contribution is -0.103. The van der Waals surface area contributed by atoms with Crippen LogP contribution in [0.3, 0.4) is 0 Å². The molecule has 0 aliphatic heterocycles. The summed E-state index contributed by atoms with van der Waals surface area (Å²) in [7, 11) is 1.60. The van der Waals surface area contributed by atoms with E-state index < -0.39 is 0 Å². The first-order chi connectivity index (χ1) is 11.0. The maximum atomic E-state index is 11.8. The number of hydrogen-bond acceptors (Lipinski definition) is 3. The molecular formula is C19H20N2O2. The van der Waals surface area contributed by atoms with E-state index in [2.05, 4.69) is 37.1 Å². The Kier molecular flexibility index (Phi) is 2.87. The van der Waals surface area contributed by atoms with Crippen molar-refractivity contribution in [1.29, 1.82) is 5.26 Å². The van der Waals surface area contributed by atoms with E-state index in [1.165, 1.54) is 0 Å². The number of carbonyl (C=O) groups excluding carboxylic acids is 1. The lowest BCUT2D eigenvalue weighted by Crippen LogP contribution is -2.30. The first-order valence-corrected chi connectivity index (χ1v) is 8.15. The summed E-state index contributed by atoms with van der Waals surface area (Å²) in [5.74, 6) is 1.88. The summed E-state index contributed by atoms with van der Waals surface area (Å²) in [5, 5.41) is 11.3. The second-order valence-corrected chi connectivity index (χ2v) is 7.18. The number of H-pyrrole nitrogens is 1. The minimum absolute atomic E-state index is 0.0129. The SMILES string of the molecule is COC1=C/C2(C)C(C)C2/C=c2/c(C#N)c(C3CC3)[nH]/c2=C/1C=O. The topological polar surface area (TPSA) is 65.9 Å². The lowest BCUT2D eigenvalue weighted by Gasteiger charge is -2.11. The Hall–Kier alpha value is -2.28. The van der Waals surface area contributed by atoms with Crippen molar-refractivity contribution in [3.63, 3.8) is 0 Å². The molecule has 4 heteroatoms. The number of carbonyl (C=O) groups is 1. The van der Waals surface area contributed by atoms with E-state index in [1.807, 2.05) is 0 Å². The number of aromatic nitrogens is 1. The molecule has 2 fully saturated rings. The highest BCUT2D eigenvalue weighted by Gasteiger charge is 2.56. The van der Waals surface area contributed by atoms with Crippen LogP contribution >= 0.6 is 0 Å². The van der Waals surface area contributed by atoms with E-state index in [0.717, 1.165) is 35.4 Å². The van der Waals surface area contributed by atoms with Crippen LogP contribution in [-0.2, 0) is 9.53 Å². The predicted octanol–water partition coefficient (Wildman–Crippen LogP) is 1.71. The Labute approximate surface area is 135 Å². The molecule has 118 valence electrons. The molecule has 1 heterocycles. The zero-order chi connectivity index (χ0) is 16.4. The van der Waals surface area contributed by atoms with Crippen LogP contribution < -0.4 is 10.6 Å². The highest BCUT2D eigenvalue weighted by Crippen LogP contribution is 2.61. The van der Waals surface area contributed by atoms with Gasteiger partial charge in [-0.3, -0.25) is 4.79 Å². The third-order valence-electron chi connectivity index (χ3n) is 5.95. The molecular weight excluding hydrogens is 288 g/mol. The largest absolute Gasteiger partial charge is 0.496 e. The number of nitrogens with one attached hydrogen (secondary N) is 1. The van der Waals surface area contributed by atoms with Gasteiger partial charge in [0.1, 0.15) is 11.8 Å². The summed E-state index contributed by atoms with van der Waals surface area (Å²) in [6.07, 6.45) is 7.32. The number of ether oxygens (including phenoxy) is 1. The van der Waals surface area contributed by atoms with Gasteiger partial charge in [0.25, 0.3) is 0 Å². The number of rotatable bonds is 3. The van der Waals surface area contributed by atoms with Gasteiger partial charge in [0, 0.05) is 16.8 Å². The van der Waals surface area contributed by atoms with E-state index in [1.54, 1.807) is 7.11 Å². The van der Waals surface area contributed by atoms with Gasteiger partial charge in [0.15, 0.2) is 6.29 Å². The summed E-state index contributed by atoms with van der Waals surface area (Å²) in [6, 6.07) is 2.37. The Balaban J connectivity index is 2.11. The van der Waals surface area contributed by atoms with Crippen molar-refractivity contribution in [3.05, 3.63) is 33.7 Å². The van der Waals surface area contributed by atoms with Crippen molar-refractivity contribution in [3.8, 4) is 6.07 Å². The molecule has 1 aromatic rings. The van der Waals surface area contributed by atoms with Gasteiger partial charge < -0.3 is 9.72 Å². The first-order valence-electron chi connectivity index (χ1n) is 8.15. The standard InChI is InChI=1S/C19H20N2O2/c1-10-15-6-12-13(8-20)17(11-4-5-11)21-18(12)14(9-22)16(23-3)7-19(10,15)2/h6-7,9-11,15,21H,4-5H2,1-3H3/b12-6-,16-7-,18-14+. The molecule has 3 unspecified atom stereocenters. The molecule has 0 aromatic carbocycles. The van der Waals surface area contributed by atoms with Crippen LogP contribution in [0.1, 0.15) is 43.9 Å². The third kappa shape index (κ3) is 1.86. The molecule has 4 nitrogen and oxygen atoms in total. The summed E-state index contributed by atoms with van der Waals surface area (Å²) in [6.45, 7) is 4.39. The second kappa shape index (κ2) is 4.61. The minimum Gasteiger partial charge on any atom is -0.496 e. The Morgan fingerprint density at radius 1 is 1.48 bits per heavy atom. The molecule has 1 aromatic heterocycles. The van der Waals surface area contributed by atoms with Crippen molar-refractivity contribution in [2.75, 3.05) is 7.11 Å². The molecule has 4 rings (SSSR count). The summed E-state index contributed by atoms with van der Waals surface area (Å²) < 4.78 is 5.53. The monoisotopic (exact) mass is 308 g/mol. The zero-order valence-corrected chi connectivity index (χ0v) is 13.6. The maximum absolute atomic E-state index is 11.8. The van der Waals surface area contributed by atoms with Crippen LogP contribution in [0.5, 0.6) is 0 Å². The van der Waals surface area contributed by atoms with Crippen molar-refractivity contribution in [2.24, 2.45) is 17.3 Å². The molecule has 0 amide bonds. The smallest absolute Gasteiger partial charge is 0.155 e. The van der Waals surface area contributed by atoms with Gasteiger partial charge >= 0.3 is 0 Å². The molecule has 23 heavy (non-hydrogen) atoms. The fourth-order valence-electron chi connectivity index (χ4n) is 4.01. The second-order valence-electron chi connectivity index (χ2n) is 7.18. The molecule has 0 bridgehead atoms. The highest BCUT2D eigenvalue weighted by molar-refractivity contribution is 6.05. The van der Waals surface area contributed by atoms with Gasteiger partial charge in [-0.25, -0.2) is 0 Å². The maximum Gasteiger partial charge on any atom is 0.155 e. The number of hydrogen-bond donors (Lipinski definition) is 1. The van der Waals surface area contributed by atoms with Crippen molar-refractivity contribution >= 4 is 17.9 Å². The fourth-order valence-corrected chi connectivity index (χ4v) is 4.01. The third-order valence-corrected chi connectivity index (χ3v) is 5.95. The summed E-state index contributed by atoms with van der Waals surface area (Å²) in [4.78, 5) is 15.2. The molecule has 1 N–H and O–H groups in total. The summed E-state index contributed by atoms with van der Waals surface area (Å²) >= 11 is 0. The highest BCUT2D eigenvalue weighted by atomic mass is 16.5. The molecule has 0 saturated heterocycles. The normalized spacial score (nSPS) is 37.7. The van der Waals surface area contributed by atoms with E-state index in [-0.39, 0.29) is 5.41 Å². The van der Waals surface area contributed by atoms with Crippen LogP contribution in [0.15, 0.2) is 11.8 Å². The number of methoxy groups -OCH3 is 1. The number of allylic oxidation sites excluding steroid dienone is 2. The van der Waals surface area contributed by atoms with E-state index in [9.17, 15) is 10.1 Å². The fraction of sp³-hybridized carbons (Fsp3) is 0.474. The van der Waals surface area contributed by atoms with Crippen LogP contribution in [0, 0.1) is 28.6 Å². The molecule has 3 atom stereocenters. The number of nitrogens with zero attached hydrogens (tertiary/aromatic N) is 1. The zero-order valence-electron chi connectivity index (χ0n) is 13.6. The molecule has 2 saturated carbocycles. The van der Waals surface area contributed by atoms with Crippen molar-refractivity contribution in [2.45, 2.75) is 32.6 Å². The van der Waals surface area contributed by atoms with Gasteiger partial charge in [0.2, 0.25) is 0 Å². The van der Waals surface area contributed by atoms with Gasteiger partial charge in [0.05, 0.1) is 23.6 Å². The van der Waals surface area contributed by atoms with Crippen LogP contribution in [0.2, 0.25) is 0 Å². The van der Waals surface area contributed by atoms with Crippen LogP contribution in [0.25, 0.3) is 11.6 Å². The van der Waals surface area contributed by atoms with Gasteiger partial charge in [-0.15, -0.1) is 0 Å². The number of aromatic amines is 1. The Bertz CT molecular complexity index is 895. The molecule has 0 radical (unpaired) electrons. The Morgan fingerprint density at radius 3 is 2.78 bits per heavy atom. The summed E-state index contributed by atoms with van der Waals surface area (Å²) in [5.41, 5.74) is 2.20.